The number of carbonyl (C=O) groups excluding carboxylic acids is 1. The van der Waals surface area contributed by atoms with Gasteiger partial charge >= 0.3 is 5.97 Å². The van der Waals surface area contributed by atoms with Crippen molar-refractivity contribution in [2.45, 2.75) is 59.2 Å². The monoisotopic (exact) mass is 599 g/mol. The van der Waals surface area contributed by atoms with E-state index in [1.54, 1.807) is 22.1 Å². The molecule has 0 fully saturated rings. The number of hydrogen-bond donors (Lipinski definition) is 1. The highest BCUT2D eigenvalue weighted by atomic mass is 32.1. The van der Waals surface area contributed by atoms with Crippen LogP contribution >= 0.6 is 11.3 Å². The highest BCUT2D eigenvalue weighted by molar-refractivity contribution is 7.17. The molecule has 10 heteroatoms. The quantitative estimate of drug-likeness (QED) is 0.240. The summed E-state index contributed by atoms with van der Waals surface area (Å²) in [7, 11) is 3.33. The molecule has 3 aromatic heterocycles. The van der Waals surface area contributed by atoms with Crippen molar-refractivity contribution in [3.63, 3.8) is 0 Å². The number of rotatable bonds is 7. The van der Waals surface area contributed by atoms with E-state index in [9.17, 15) is 9.59 Å². The van der Waals surface area contributed by atoms with Crippen molar-refractivity contribution < 1.29 is 14.3 Å². The van der Waals surface area contributed by atoms with E-state index < -0.39 is 5.41 Å². The van der Waals surface area contributed by atoms with Crippen LogP contribution in [0.1, 0.15) is 61.1 Å². The fourth-order valence-corrected chi connectivity index (χ4v) is 7.38. The summed E-state index contributed by atoms with van der Waals surface area (Å²) >= 11 is 1.72. The summed E-state index contributed by atoms with van der Waals surface area (Å²) in [5.41, 5.74) is 5.77. The van der Waals surface area contributed by atoms with Crippen molar-refractivity contribution in [3.8, 4) is 5.75 Å². The van der Waals surface area contributed by atoms with Gasteiger partial charge in [-0.25, -0.2) is 4.68 Å². The number of carbonyl (C=O) groups is 1. The van der Waals surface area contributed by atoms with Gasteiger partial charge in [-0.05, 0) is 84.5 Å². The van der Waals surface area contributed by atoms with Gasteiger partial charge in [-0.1, -0.05) is 24.3 Å². The first kappa shape index (κ1) is 29.1. The molecular weight excluding hydrogens is 562 g/mol. The molecule has 9 nitrogen and oxygen atoms in total. The molecule has 0 spiro atoms. The number of aromatic nitrogens is 4. The van der Waals surface area contributed by atoms with Crippen LogP contribution in [-0.4, -0.2) is 50.6 Å². The van der Waals surface area contributed by atoms with Gasteiger partial charge in [0.2, 0.25) is 5.56 Å². The Kier molecular flexibility index (Phi) is 7.60. The number of esters is 1. The maximum atomic E-state index is 13.4. The minimum atomic E-state index is -0.876. The zero-order chi connectivity index (χ0) is 30.5. The first-order chi connectivity index (χ1) is 20.6. The topological polar surface area (TPSA) is 102 Å². The van der Waals surface area contributed by atoms with Crippen LogP contribution in [0.25, 0.3) is 21.1 Å². The summed E-state index contributed by atoms with van der Waals surface area (Å²) in [6.45, 7) is 10.0. The lowest BCUT2D eigenvalue weighted by molar-refractivity contribution is -0.151. The van der Waals surface area contributed by atoms with Crippen molar-refractivity contribution in [1.29, 1.82) is 0 Å². The first-order valence-corrected chi connectivity index (χ1v) is 15.5. The summed E-state index contributed by atoms with van der Waals surface area (Å²) in [6, 6.07) is 14.0. The highest BCUT2D eigenvalue weighted by Crippen LogP contribution is 2.46. The molecule has 6 rings (SSSR count). The number of pyridine rings is 1. The predicted molar refractivity (Wildman–Crippen MR) is 169 cm³/mol. The normalized spacial score (nSPS) is 16.6. The minimum Gasteiger partial charge on any atom is -0.487 e. The zero-order valence-corrected chi connectivity index (χ0v) is 26.2. The standard InChI is InChI=1S/C33H37N5O4S/c1-7-23-17-38(18-25-27(42-23)10-11-28(39)34-25)16-22-15-21(14-20-12-13-43-31(20)22)29(33(3,4)32(40)41-6)24-8-9-26-30(19(24)2)35-36-37(26)5/h8-15,23,29H,7,16-18H2,1-6H3,(H,34,39)/t23-,29+/m1/s1. The van der Waals surface area contributed by atoms with Crippen molar-refractivity contribution in [1.82, 2.24) is 24.9 Å². The predicted octanol–water partition coefficient (Wildman–Crippen LogP) is 5.68. The number of H-pyrrole nitrogens is 1. The number of aromatic amines is 1. The molecule has 0 saturated carbocycles. The molecule has 5 aromatic rings. The van der Waals surface area contributed by atoms with Crippen LogP contribution in [0.4, 0.5) is 0 Å². The number of hydrogen-bond acceptors (Lipinski definition) is 8. The smallest absolute Gasteiger partial charge is 0.312 e. The molecule has 2 aromatic carbocycles. The number of methoxy groups -OCH3 is 1. The van der Waals surface area contributed by atoms with E-state index in [4.69, 9.17) is 9.47 Å². The molecule has 2 atom stereocenters. The summed E-state index contributed by atoms with van der Waals surface area (Å²) in [5.74, 6) is 0.153. The maximum Gasteiger partial charge on any atom is 0.312 e. The van der Waals surface area contributed by atoms with Crippen LogP contribution in [0.5, 0.6) is 5.75 Å². The number of benzene rings is 2. The van der Waals surface area contributed by atoms with Gasteiger partial charge in [0.05, 0.1) is 23.7 Å². The molecule has 0 bridgehead atoms. The van der Waals surface area contributed by atoms with Gasteiger partial charge < -0.3 is 14.5 Å². The summed E-state index contributed by atoms with van der Waals surface area (Å²) < 4.78 is 14.6. The average molecular weight is 600 g/mol. The van der Waals surface area contributed by atoms with Crippen molar-refractivity contribution in [2.24, 2.45) is 12.5 Å². The Labute approximate surface area is 254 Å². The Hall–Kier alpha value is -4.02. The lowest BCUT2D eigenvalue weighted by atomic mass is 9.69. The molecule has 0 amide bonds. The van der Waals surface area contributed by atoms with Crippen LogP contribution in [0, 0.1) is 12.3 Å². The number of fused-ring (bicyclic) bond motifs is 3. The Bertz CT molecular complexity index is 1890. The molecule has 1 N–H and O–H groups in total. The van der Waals surface area contributed by atoms with E-state index in [-0.39, 0.29) is 23.6 Å². The number of nitrogens with one attached hydrogen (secondary N) is 1. The number of ether oxygens (including phenoxy) is 2. The van der Waals surface area contributed by atoms with Gasteiger partial charge in [0.1, 0.15) is 17.4 Å². The van der Waals surface area contributed by atoms with E-state index in [2.05, 4.69) is 63.7 Å². The molecule has 0 saturated heterocycles. The largest absolute Gasteiger partial charge is 0.487 e. The molecular formula is C33H37N5O4S. The molecule has 224 valence electrons. The van der Waals surface area contributed by atoms with Crippen LogP contribution in [0.2, 0.25) is 0 Å². The lowest BCUT2D eigenvalue weighted by Crippen LogP contribution is -2.34. The fraction of sp³-hybridized carbons (Fsp3) is 0.394. The van der Waals surface area contributed by atoms with Gasteiger partial charge in [0.25, 0.3) is 0 Å². The van der Waals surface area contributed by atoms with Gasteiger partial charge in [-0.3, -0.25) is 14.5 Å². The molecule has 0 aliphatic carbocycles. The van der Waals surface area contributed by atoms with Crippen molar-refractivity contribution >= 4 is 38.4 Å². The second kappa shape index (κ2) is 11.2. The molecule has 0 unspecified atom stereocenters. The van der Waals surface area contributed by atoms with Gasteiger partial charge in [0.15, 0.2) is 0 Å². The van der Waals surface area contributed by atoms with E-state index in [1.807, 2.05) is 27.0 Å². The molecule has 1 aliphatic rings. The number of nitrogens with zero attached hydrogens (tertiary/aromatic N) is 4. The maximum absolute atomic E-state index is 13.4. The average Bonchev–Trinajstić information content (AvgIpc) is 3.57. The van der Waals surface area contributed by atoms with Gasteiger partial charge in [-0.2, -0.15) is 0 Å². The molecule has 43 heavy (non-hydrogen) atoms. The van der Waals surface area contributed by atoms with E-state index >= 15 is 0 Å². The minimum absolute atomic E-state index is 0.00141. The summed E-state index contributed by atoms with van der Waals surface area (Å²) in [5, 5.41) is 11.9. The van der Waals surface area contributed by atoms with E-state index in [0.717, 1.165) is 57.5 Å². The number of aryl methyl sites for hydroxylation is 2. The van der Waals surface area contributed by atoms with E-state index in [1.165, 1.54) is 23.4 Å². The third-order valence-corrected chi connectivity index (χ3v) is 9.76. The fourth-order valence-electron chi connectivity index (χ4n) is 6.49. The Morgan fingerprint density at radius 3 is 2.81 bits per heavy atom. The van der Waals surface area contributed by atoms with Crippen molar-refractivity contribution in [2.75, 3.05) is 13.7 Å². The van der Waals surface area contributed by atoms with Crippen molar-refractivity contribution in [3.05, 3.63) is 86.1 Å². The molecule has 1 aliphatic heterocycles. The molecule has 4 heterocycles. The SMILES string of the molecule is CC[C@@H]1CN(Cc2cc([C@@H](c3ccc4c(nnn4C)c3C)C(C)(C)C(=O)OC)cc3ccsc23)Cc2[nH]c(=O)ccc2O1. The zero-order valence-electron chi connectivity index (χ0n) is 25.4. The third kappa shape index (κ3) is 5.23. The van der Waals surface area contributed by atoms with Crippen LogP contribution in [0.15, 0.2) is 52.6 Å². The van der Waals surface area contributed by atoms with Gasteiger partial charge in [-0.15, -0.1) is 16.4 Å². The van der Waals surface area contributed by atoms with E-state index in [0.29, 0.717) is 13.1 Å². The number of thiophene rings is 1. The van der Waals surface area contributed by atoms with Crippen LogP contribution in [0.3, 0.4) is 0 Å². The first-order valence-electron chi connectivity index (χ1n) is 14.6. The second-order valence-electron chi connectivity index (χ2n) is 12.0. The Balaban J connectivity index is 1.48. The Morgan fingerprint density at radius 2 is 2.05 bits per heavy atom. The van der Waals surface area contributed by atoms with Crippen LogP contribution < -0.4 is 10.3 Å². The second-order valence-corrected chi connectivity index (χ2v) is 12.9. The lowest BCUT2D eigenvalue weighted by Gasteiger charge is -2.34. The van der Waals surface area contributed by atoms with Gasteiger partial charge in [0, 0.05) is 43.4 Å². The van der Waals surface area contributed by atoms with Crippen LogP contribution in [-0.2, 0) is 29.7 Å². The Morgan fingerprint density at radius 1 is 1.23 bits per heavy atom. The highest BCUT2D eigenvalue weighted by Gasteiger charge is 2.41. The molecule has 0 radical (unpaired) electrons. The summed E-state index contributed by atoms with van der Waals surface area (Å²) in [4.78, 5) is 30.9. The summed E-state index contributed by atoms with van der Waals surface area (Å²) in [6.07, 6.45) is 0.852. The third-order valence-electron chi connectivity index (χ3n) is 8.75.